The third kappa shape index (κ3) is 5.50. The minimum atomic E-state index is -0.869. The van der Waals surface area contributed by atoms with Crippen LogP contribution in [0.5, 0.6) is 0 Å². The maximum absolute atomic E-state index is 13.4. The molecule has 1 aromatic rings. The van der Waals surface area contributed by atoms with Crippen LogP contribution < -0.4 is 5.32 Å². The molecule has 3 aliphatic rings. The lowest BCUT2D eigenvalue weighted by Gasteiger charge is -2.27. The molecule has 1 amide bonds. The van der Waals surface area contributed by atoms with Crippen molar-refractivity contribution in [2.75, 3.05) is 11.9 Å². The van der Waals surface area contributed by atoms with Gasteiger partial charge in [0.15, 0.2) is 0 Å². The molecule has 1 heterocycles. The SMILES string of the molecule is CCOC(=O)c1c(NC(=O)[C@H]2[C@H]3CC[C@@H](C3)[C@@H]2C(=O)O)sc2c1CCCCCCCCCCC2. The van der Waals surface area contributed by atoms with Crippen LogP contribution in [-0.2, 0) is 27.2 Å². The number of aryl methyl sites for hydroxylation is 1. The lowest BCUT2D eigenvalue weighted by atomic mass is 9.78. The molecule has 2 N–H and O–H groups in total. The zero-order valence-electron chi connectivity index (χ0n) is 20.4. The number of carboxylic acids is 1. The zero-order chi connectivity index (χ0) is 24.1. The maximum Gasteiger partial charge on any atom is 0.341 e. The Morgan fingerprint density at radius 2 is 1.50 bits per heavy atom. The molecule has 34 heavy (non-hydrogen) atoms. The maximum atomic E-state index is 13.4. The number of amides is 1. The first-order valence-electron chi connectivity index (χ1n) is 13.4. The molecule has 188 valence electrons. The highest BCUT2D eigenvalue weighted by atomic mass is 32.1. The summed E-state index contributed by atoms with van der Waals surface area (Å²) in [5, 5.41) is 13.4. The van der Waals surface area contributed by atoms with Crippen molar-refractivity contribution in [2.45, 2.75) is 96.8 Å². The molecule has 2 saturated carbocycles. The minimum absolute atomic E-state index is 0.0933. The van der Waals surface area contributed by atoms with E-state index in [0.29, 0.717) is 10.6 Å². The number of aliphatic carboxylic acids is 1. The van der Waals surface area contributed by atoms with Crippen molar-refractivity contribution in [1.82, 2.24) is 0 Å². The molecule has 7 heteroatoms. The van der Waals surface area contributed by atoms with Gasteiger partial charge in [0.25, 0.3) is 0 Å². The number of rotatable bonds is 5. The normalized spacial score (nSPS) is 27.7. The molecule has 4 rings (SSSR count). The van der Waals surface area contributed by atoms with Crippen LogP contribution in [0.2, 0.25) is 0 Å². The first-order chi connectivity index (χ1) is 16.5. The lowest BCUT2D eigenvalue weighted by molar-refractivity contribution is -0.148. The number of carboxylic acid groups (broad SMARTS) is 1. The van der Waals surface area contributed by atoms with E-state index in [1.807, 2.05) is 0 Å². The lowest BCUT2D eigenvalue weighted by Crippen LogP contribution is -2.38. The number of carbonyl (C=O) groups is 3. The van der Waals surface area contributed by atoms with E-state index in [-0.39, 0.29) is 30.3 Å². The highest BCUT2D eigenvalue weighted by Crippen LogP contribution is 2.53. The van der Waals surface area contributed by atoms with Gasteiger partial charge in [0.05, 0.1) is 24.0 Å². The smallest absolute Gasteiger partial charge is 0.341 e. The number of fused-ring (bicyclic) bond motifs is 3. The van der Waals surface area contributed by atoms with E-state index >= 15 is 0 Å². The van der Waals surface area contributed by atoms with Gasteiger partial charge in [0, 0.05) is 4.88 Å². The molecule has 1 aromatic heterocycles. The van der Waals surface area contributed by atoms with E-state index < -0.39 is 17.8 Å². The fraction of sp³-hybridized carbons (Fsp3) is 0.741. The molecule has 4 atom stereocenters. The third-order valence-corrected chi connectivity index (χ3v) is 9.35. The van der Waals surface area contributed by atoms with Crippen molar-refractivity contribution >= 4 is 34.2 Å². The summed E-state index contributed by atoms with van der Waals surface area (Å²) in [5.74, 6) is -2.39. The van der Waals surface area contributed by atoms with Crippen LogP contribution in [-0.4, -0.2) is 29.6 Å². The van der Waals surface area contributed by atoms with Gasteiger partial charge in [0.2, 0.25) is 5.91 Å². The monoisotopic (exact) mass is 489 g/mol. The number of nitrogens with one attached hydrogen (secondary N) is 1. The predicted molar refractivity (Wildman–Crippen MR) is 133 cm³/mol. The Kier molecular flexibility index (Phi) is 8.67. The second-order valence-corrected chi connectivity index (χ2v) is 11.4. The van der Waals surface area contributed by atoms with E-state index in [1.165, 1.54) is 54.7 Å². The van der Waals surface area contributed by atoms with Gasteiger partial charge in [0.1, 0.15) is 5.00 Å². The summed E-state index contributed by atoms with van der Waals surface area (Å²) in [4.78, 5) is 39.6. The Morgan fingerprint density at radius 3 is 2.12 bits per heavy atom. The molecular formula is C27H39NO5S. The zero-order valence-corrected chi connectivity index (χ0v) is 21.2. The molecule has 0 aromatic carbocycles. The Bertz CT molecular complexity index is 894. The van der Waals surface area contributed by atoms with Gasteiger partial charge in [-0.15, -0.1) is 11.3 Å². The van der Waals surface area contributed by atoms with Gasteiger partial charge in [-0.1, -0.05) is 44.9 Å². The Hall–Kier alpha value is -1.89. The van der Waals surface area contributed by atoms with E-state index in [4.69, 9.17) is 4.74 Å². The molecule has 3 aliphatic carbocycles. The molecule has 0 aliphatic heterocycles. The quantitative estimate of drug-likeness (QED) is 0.479. The molecule has 0 spiro atoms. The Balaban J connectivity index is 1.61. The van der Waals surface area contributed by atoms with Gasteiger partial charge in [-0.2, -0.15) is 0 Å². The van der Waals surface area contributed by atoms with Crippen LogP contribution >= 0.6 is 11.3 Å². The van der Waals surface area contributed by atoms with E-state index in [9.17, 15) is 19.5 Å². The Labute approximate surface area is 206 Å². The molecular weight excluding hydrogens is 450 g/mol. The second-order valence-electron chi connectivity index (χ2n) is 10.3. The largest absolute Gasteiger partial charge is 0.481 e. The van der Waals surface area contributed by atoms with Crippen molar-refractivity contribution in [3.05, 3.63) is 16.0 Å². The van der Waals surface area contributed by atoms with Crippen LogP contribution in [0.1, 0.15) is 105 Å². The highest BCUT2D eigenvalue weighted by Gasteiger charge is 2.54. The topological polar surface area (TPSA) is 92.7 Å². The number of anilines is 1. The summed E-state index contributed by atoms with van der Waals surface area (Å²) < 4.78 is 5.42. The van der Waals surface area contributed by atoms with Gasteiger partial charge in [-0.25, -0.2) is 4.79 Å². The number of thiophene rings is 1. The first kappa shape index (κ1) is 25.2. The average molecular weight is 490 g/mol. The predicted octanol–water partition coefficient (Wildman–Crippen LogP) is 6.22. The van der Waals surface area contributed by atoms with Gasteiger partial charge < -0.3 is 15.2 Å². The first-order valence-corrected chi connectivity index (χ1v) is 14.2. The summed E-state index contributed by atoms with van der Waals surface area (Å²) in [7, 11) is 0. The van der Waals surface area contributed by atoms with Crippen LogP contribution in [0.25, 0.3) is 0 Å². The summed E-state index contributed by atoms with van der Waals surface area (Å²) in [6.07, 6.45) is 15.1. The molecule has 2 fully saturated rings. The molecule has 6 nitrogen and oxygen atoms in total. The average Bonchev–Trinajstić information content (AvgIpc) is 3.50. The number of hydrogen-bond acceptors (Lipinski definition) is 5. The van der Waals surface area contributed by atoms with Crippen LogP contribution in [0.15, 0.2) is 0 Å². The summed E-state index contributed by atoms with van der Waals surface area (Å²) in [6.45, 7) is 2.08. The number of carbonyl (C=O) groups excluding carboxylic acids is 2. The van der Waals surface area contributed by atoms with Crippen molar-refractivity contribution in [3.63, 3.8) is 0 Å². The molecule has 0 saturated heterocycles. The number of hydrogen-bond donors (Lipinski definition) is 2. The van der Waals surface area contributed by atoms with Crippen molar-refractivity contribution in [1.29, 1.82) is 0 Å². The van der Waals surface area contributed by atoms with E-state index in [1.54, 1.807) is 6.92 Å². The standard InChI is InChI=1S/C27H39NO5S/c1-2-33-27(32)23-19-12-10-8-6-4-3-5-7-9-11-13-20(19)34-25(23)28-24(29)21-17-14-15-18(16-17)22(21)26(30)31/h17-18,21-22H,2-16H2,1H3,(H,28,29)(H,30,31)/t17-,18-,21-,22-/m0/s1. The minimum Gasteiger partial charge on any atom is -0.481 e. The molecule has 0 radical (unpaired) electrons. The van der Waals surface area contributed by atoms with Crippen molar-refractivity contribution in [3.8, 4) is 0 Å². The van der Waals surface area contributed by atoms with E-state index in [2.05, 4.69) is 5.32 Å². The highest BCUT2D eigenvalue weighted by molar-refractivity contribution is 7.17. The van der Waals surface area contributed by atoms with Gasteiger partial charge >= 0.3 is 11.9 Å². The van der Waals surface area contributed by atoms with Crippen LogP contribution in [0.3, 0.4) is 0 Å². The van der Waals surface area contributed by atoms with E-state index in [0.717, 1.165) is 56.9 Å². The van der Waals surface area contributed by atoms with Crippen LogP contribution in [0.4, 0.5) is 5.00 Å². The summed E-state index contributed by atoms with van der Waals surface area (Å²) in [6, 6.07) is 0. The Morgan fingerprint density at radius 1 is 0.912 bits per heavy atom. The third-order valence-electron chi connectivity index (χ3n) is 8.14. The second kappa shape index (κ2) is 11.7. The fourth-order valence-corrected chi connectivity index (χ4v) is 7.81. The van der Waals surface area contributed by atoms with Gasteiger partial charge in [-0.3, -0.25) is 9.59 Å². The molecule has 0 unspecified atom stereocenters. The molecule has 2 bridgehead atoms. The van der Waals surface area contributed by atoms with Crippen LogP contribution in [0, 0.1) is 23.7 Å². The van der Waals surface area contributed by atoms with Gasteiger partial charge in [-0.05, 0) is 69.3 Å². The summed E-state index contributed by atoms with van der Waals surface area (Å²) in [5.41, 5.74) is 1.56. The number of ether oxygens (including phenoxy) is 1. The fourth-order valence-electron chi connectivity index (χ4n) is 6.53. The van der Waals surface area contributed by atoms with Crippen molar-refractivity contribution < 1.29 is 24.2 Å². The van der Waals surface area contributed by atoms with Crippen molar-refractivity contribution in [2.24, 2.45) is 23.7 Å². The summed E-state index contributed by atoms with van der Waals surface area (Å²) >= 11 is 1.51. The number of esters is 1.